The van der Waals surface area contributed by atoms with E-state index in [0.29, 0.717) is 11.6 Å². The van der Waals surface area contributed by atoms with Crippen LogP contribution in [0, 0.1) is 0 Å². The summed E-state index contributed by atoms with van der Waals surface area (Å²) in [6.45, 7) is 9.84. The molecule has 0 saturated heterocycles. The second kappa shape index (κ2) is 11.5. The summed E-state index contributed by atoms with van der Waals surface area (Å²) in [5, 5.41) is 0.880. The highest BCUT2D eigenvalue weighted by molar-refractivity contribution is 5.89. The van der Waals surface area contributed by atoms with Crippen molar-refractivity contribution in [3.8, 4) is 11.4 Å². The molecule has 0 atom stereocenters. The lowest BCUT2D eigenvalue weighted by molar-refractivity contribution is 0.906. The van der Waals surface area contributed by atoms with E-state index >= 15 is 0 Å². The number of anilines is 1. The fourth-order valence-corrected chi connectivity index (χ4v) is 3.15. The van der Waals surface area contributed by atoms with Gasteiger partial charge in [-0.15, -0.1) is 0 Å². The van der Waals surface area contributed by atoms with E-state index in [9.17, 15) is 0 Å². The van der Waals surface area contributed by atoms with Gasteiger partial charge in [-0.2, -0.15) is 0 Å². The Balaban J connectivity index is 0.000000215. The average Bonchev–Trinajstić information content (AvgIpc) is 3.24. The number of nitrogens with two attached hydrogens (primary N) is 1. The van der Waals surface area contributed by atoms with Gasteiger partial charge in [0.2, 0.25) is 0 Å². The molecule has 0 spiro atoms. The lowest BCUT2D eigenvalue weighted by Gasteiger charge is -2.04. The van der Waals surface area contributed by atoms with Crippen LogP contribution in [0.25, 0.3) is 22.3 Å². The number of para-hydroxylation sites is 1. The minimum Gasteiger partial charge on any atom is -0.383 e. The summed E-state index contributed by atoms with van der Waals surface area (Å²) in [4.78, 5) is 12.8. The monoisotopic (exact) mass is 386 g/mol. The summed E-state index contributed by atoms with van der Waals surface area (Å²) in [6, 6.07) is 11.4. The van der Waals surface area contributed by atoms with Gasteiger partial charge in [0.25, 0.3) is 0 Å². The Bertz CT molecular complexity index is 988. The van der Waals surface area contributed by atoms with Crippen LogP contribution in [0.1, 0.15) is 40.0 Å². The zero-order valence-electron chi connectivity index (χ0n) is 17.6. The Morgan fingerprint density at radius 1 is 0.966 bits per heavy atom. The average molecular weight is 387 g/mol. The molecule has 1 aliphatic carbocycles. The quantitative estimate of drug-likeness (QED) is 0.556. The van der Waals surface area contributed by atoms with E-state index < -0.39 is 0 Å². The number of fused-ring (bicyclic) bond motifs is 1. The number of allylic oxidation sites excluding steroid dienone is 5. The van der Waals surface area contributed by atoms with Crippen molar-refractivity contribution in [2.45, 2.75) is 40.0 Å². The molecule has 29 heavy (non-hydrogen) atoms. The first-order valence-electron chi connectivity index (χ1n) is 10.1. The van der Waals surface area contributed by atoms with Crippen molar-refractivity contribution in [2.24, 2.45) is 0 Å². The second-order valence-corrected chi connectivity index (χ2v) is 6.29. The number of nitrogen functional groups attached to an aromatic ring is 1. The van der Waals surface area contributed by atoms with E-state index in [4.69, 9.17) is 5.73 Å². The molecule has 4 rings (SSSR count). The number of aromatic nitrogens is 3. The fourth-order valence-electron chi connectivity index (χ4n) is 3.15. The Kier molecular flexibility index (Phi) is 8.77. The van der Waals surface area contributed by atoms with Crippen LogP contribution in [0.3, 0.4) is 0 Å². The van der Waals surface area contributed by atoms with E-state index in [1.807, 2.05) is 56.3 Å². The highest BCUT2D eigenvalue weighted by atomic mass is 14.9. The van der Waals surface area contributed by atoms with E-state index in [-0.39, 0.29) is 0 Å². The van der Waals surface area contributed by atoms with Crippen molar-refractivity contribution in [1.82, 2.24) is 15.0 Å². The number of benzene rings is 1. The van der Waals surface area contributed by atoms with Gasteiger partial charge in [0.1, 0.15) is 5.82 Å². The van der Waals surface area contributed by atoms with Crippen LogP contribution in [-0.4, -0.2) is 15.0 Å². The lowest BCUT2D eigenvalue weighted by atomic mass is 10.1. The summed E-state index contributed by atoms with van der Waals surface area (Å²) in [7, 11) is 0. The summed E-state index contributed by atoms with van der Waals surface area (Å²) < 4.78 is 0. The number of nitrogens with zero attached hydrogens (tertiary/aromatic N) is 3. The third-order valence-electron chi connectivity index (χ3n) is 4.49. The van der Waals surface area contributed by atoms with Gasteiger partial charge >= 0.3 is 0 Å². The van der Waals surface area contributed by atoms with Gasteiger partial charge < -0.3 is 5.73 Å². The van der Waals surface area contributed by atoms with E-state index in [1.165, 1.54) is 30.4 Å². The smallest absolute Gasteiger partial charge is 0.162 e. The third kappa shape index (κ3) is 5.85. The minimum atomic E-state index is 0.502. The van der Waals surface area contributed by atoms with Crippen molar-refractivity contribution in [2.75, 3.05) is 5.73 Å². The summed E-state index contributed by atoms with van der Waals surface area (Å²) in [6.07, 6.45) is 13.5. The van der Waals surface area contributed by atoms with E-state index in [2.05, 4.69) is 40.6 Å². The molecule has 0 aliphatic heterocycles. The Morgan fingerprint density at radius 2 is 1.66 bits per heavy atom. The number of rotatable bonds is 3. The zero-order valence-corrected chi connectivity index (χ0v) is 17.6. The SMILES string of the molecule is C=CC1=C(/C=C\C)CCC1.CC.Nc1nc(-c2ccncc2)nc2ccccc12. The molecular weight excluding hydrogens is 356 g/mol. The van der Waals surface area contributed by atoms with Crippen molar-refractivity contribution in [3.05, 3.63) is 84.7 Å². The predicted molar refractivity (Wildman–Crippen MR) is 124 cm³/mol. The first-order chi connectivity index (χ1) is 14.2. The molecule has 4 nitrogen and oxygen atoms in total. The molecule has 1 aliphatic rings. The first kappa shape index (κ1) is 22.0. The highest BCUT2D eigenvalue weighted by Gasteiger charge is 2.08. The maximum Gasteiger partial charge on any atom is 0.162 e. The van der Waals surface area contributed by atoms with Crippen LogP contribution in [0.15, 0.2) is 84.7 Å². The maximum absolute atomic E-state index is 5.93. The van der Waals surface area contributed by atoms with Gasteiger partial charge in [0, 0.05) is 23.3 Å². The van der Waals surface area contributed by atoms with Crippen molar-refractivity contribution >= 4 is 16.7 Å². The minimum absolute atomic E-state index is 0.502. The molecule has 0 bridgehead atoms. The topological polar surface area (TPSA) is 64.7 Å². The third-order valence-corrected chi connectivity index (χ3v) is 4.49. The Hall–Kier alpha value is -3.27. The molecule has 0 unspecified atom stereocenters. The second-order valence-electron chi connectivity index (χ2n) is 6.29. The molecule has 2 aromatic heterocycles. The zero-order chi connectivity index (χ0) is 21.1. The molecule has 3 aromatic rings. The molecule has 0 amide bonds. The van der Waals surface area contributed by atoms with Gasteiger partial charge in [-0.1, -0.05) is 50.8 Å². The van der Waals surface area contributed by atoms with Gasteiger partial charge in [0.05, 0.1) is 5.52 Å². The Morgan fingerprint density at radius 3 is 2.34 bits per heavy atom. The number of hydrogen-bond acceptors (Lipinski definition) is 4. The van der Waals surface area contributed by atoms with Crippen LogP contribution >= 0.6 is 0 Å². The molecule has 2 N–H and O–H groups in total. The largest absolute Gasteiger partial charge is 0.383 e. The van der Waals surface area contributed by atoms with E-state index in [1.54, 1.807) is 12.4 Å². The van der Waals surface area contributed by atoms with Crippen LogP contribution in [0.5, 0.6) is 0 Å². The van der Waals surface area contributed by atoms with Gasteiger partial charge in [-0.3, -0.25) is 4.98 Å². The molecular formula is C25H30N4. The molecule has 150 valence electrons. The molecule has 4 heteroatoms. The molecule has 0 radical (unpaired) electrons. The van der Waals surface area contributed by atoms with Crippen molar-refractivity contribution in [3.63, 3.8) is 0 Å². The maximum atomic E-state index is 5.93. The van der Waals surface area contributed by atoms with Gasteiger partial charge in [0.15, 0.2) is 5.82 Å². The molecule has 0 fully saturated rings. The van der Waals surface area contributed by atoms with Crippen molar-refractivity contribution in [1.29, 1.82) is 0 Å². The van der Waals surface area contributed by atoms with Crippen molar-refractivity contribution < 1.29 is 0 Å². The lowest BCUT2D eigenvalue weighted by Crippen LogP contribution is -1.97. The van der Waals surface area contributed by atoms with Crippen LogP contribution in [-0.2, 0) is 0 Å². The number of pyridine rings is 1. The van der Waals surface area contributed by atoms with Gasteiger partial charge in [-0.05, 0) is 61.6 Å². The van der Waals surface area contributed by atoms with Crippen LogP contribution in [0.4, 0.5) is 5.82 Å². The van der Waals surface area contributed by atoms with Crippen LogP contribution in [0.2, 0.25) is 0 Å². The number of hydrogen-bond donors (Lipinski definition) is 1. The predicted octanol–water partition coefficient (Wildman–Crippen LogP) is 6.53. The summed E-state index contributed by atoms with van der Waals surface area (Å²) in [5.74, 6) is 1.13. The molecule has 1 aromatic carbocycles. The fraction of sp³-hybridized carbons (Fsp3) is 0.240. The summed E-state index contributed by atoms with van der Waals surface area (Å²) >= 11 is 0. The first-order valence-corrected chi connectivity index (χ1v) is 10.1. The summed E-state index contributed by atoms with van der Waals surface area (Å²) in [5.41, 5.74) is 10.6. The standard InChI is InChI=1S/C13H10N4.C10H14.C2H6/c14-12-10-3-1-2-4-11(10)16-13(17-12)9-5-7-15-8-6-9;1-3-6-10-8-5-7-9(10)4-2;1-2/h1-8H,(H2,14,16,17);3-4,6H,2,5,7-8H2,1H3;1-2H3/b;6-3-;. The van der Waals surface area contributed by atoms with E-state index in [0.717, 1.165) is 16.5 Å². The normalized spacial score (nSPS) is 12.9. The Labute approximate surface area is 173 Å². The molecule has 0 saturated carbocycles. The molecule has 2 heterocycles. The highest BCUT2D eigenvalue weighted by Crippen LogP contribution is 2.27. The van der Waals surface area contributed by atoms with Gasteiger partial charge in [-0.25, -0.2) is 9.97 Å². The van der Waals surface area contributed by atoms with Crippen LogP contribution < -0.4 is 5.73 Å².